The third-order valence-corrected chi connectivity index (χ3v) is 2.07. The van der Waals surface area contributed by atoms with E-state index in [0.29, 0.717) is 12.2 Å². The highest BCUT2D eigenvalue weighted by Crippen LogP contribution is 2.25. The fourth-order valence-corrected chi connectivity index (χ4v) is 1.19. The van der Waals surface area contributed by atoms with Crippen molar-refractivity contribution in [1.29, 1.82) is 0 Å². The van der Waals surface area contributed by atoms with Gasteiger partial charge in [-0.25, -0.2) is 4.39 Å². The Kier molecular flexibility index (Phi) is 4.24. The molecule has 1 unspecified atom stereocenters. The van der Waals surface area contributed by atoms with Gasteiger partial charge in [-0.15, -0.1) is 0 Å². The Morgan fingerprint density at radius 1 is 1.25 bits per heavy atom. The molecule has 0 heterocycles. The van der Waals surface area contributed by atoms with Gasteiger partial charge in [0.2, 0.25) is 5.82 Å². The number of aliphatic hydroxyl groups is 1. The number of halogens is 2. The Bertz CT molecular complexity index is 362. The van der Waals surface area contributed by atoms with E-state index in [-0.39, 0.29) is 11.7 Å². The van der Waals surface area contributed by atoms with Crippen LogP contribution in [0.3, 0.4) is 0 Å². The first kappa shape index (κ1) is 12.9. The quantitative estimate of drug-likeness (QED) is 0.861. The second-order valence-corrected chi connectivity index (χ2v) is 4.20. The van der Waals surface area contributed by atoms with Crippen molar-refractivity contribution in [2.45, 2.75) is 26.9 Å². The normalized spacial score (nSPS) is 12.9. The number of ether oxygens (including phenoxy) is 1. The highest BCUT2D eigenvalue weighted by atomic mass is 19.2. The van der Waals surface area contributed by atoms with Crippen LogP contribution in [0.25, 0.3) is 0 Å². The van der Waals surface area contributed by atoms with E-state index in [1.165, 1.54) is 13.0 Å². The third kappa shape index (κ3) is 3.17. The summed E-state index contributed by atoms with van der Waals surface area (Å²) in [5.41, 5.74) is 0.303. The second kappa shape index (κ2) is 5.25. The maximum Gasteiger partial charge on any atom is 0.200 e. The molecular formula is C12H16F2O2. The van der Waals surface area contributed by atoms with E-state index in [9.17, 15) is 13.9 Å². The Balaban J connectivity index is 2.97. The summed E-state index contributed by atoms with van der Waals surface area (Å²) in [6.45, 7) is 5.61. The standard InChI is InChI=1S/C12H16F2O2/c1-7(2)6-16-11-5-9(8(3)15)4-10(13)12(11)14/h4-5,7-8,15H,6H2,1-3H3. The monoisotopic (exact) mass is 230 g/mol. The topological polar surface area (TPSA) is 29.5 Å². The number of rotatable bonds is 4. The van der Waals surface area contributed by atoms with E-state index >= 15 is 0 Å². The van der Waals surface area contributed by atoms with Crippen molar-refractivity contribution < 1.29 is 18.6 Å². The van der Waals surface area contributed by atoms with E-state index < -0.39 is 17.7 Å². The average molecular weight is 230 g/mol. The third-order valence-electron chi connectivity index (χ3n) is 2.07. The van der Waals surface area contributed by atoms with Crippen LogP contribution in [0.15, 0.2) is 12.1 Å². The van der Waals surface area contributed by atoms with Crippen LogP contribution in [-0.2, 0) is 0 Å². The van der Waals surface area contributed by atoms with Gasteiger partial charge in [0.15, 0.2) is 11.6 Å². The van der Waals surface area contributed by atoms with Crippen molar-refractivity contribution in [2.24, 2.45) is 5.92 Å². The summed E-state index contributed by atoms with van der Waals surface area (Å²) in [6, 6.07) is 2.30. The lowest BCUT2D eigenvalue weighted by atomic mass is 10.1. The molecule has 0 amide bonds. The van der Waals surface area contributed by atoms with E-state index in [1.807, 2.05) is 13.8 Å². The molecule has 1 aromatic carbocycles. The Morgan fingerprint density at radius 2 is 1.88 bits per heavy atom. The van der Waals surface area contributed by atoms with E-state index in [4.69, 9.17) is 4.74 Å². The minimum absolute atomic E-state index is 0.149. The van der Waals surface area contributed by atoms with Gasteiger partial charge in [0.25, 0.3) is 0 Å². The zero-order valence-corrected chi connectivity index (χ0v) is 9.63. The molecule has 0 aliphatic heterocycles. The van der Waals surface area contributed by atoms with E-state index in [2.05, 4.69) is 0 Å². The van der Waals surface area contributed by atoms with Crippen molar-refractivity contribution in [3.63, 3.8) is 0 Å². The fourth-order valence-electron chi connectivity index (χ4n) is 1.19. The Hall–Kier alpha value is -1.16. The zero-order chi connectivity index (χ0) is 12.3. The van der Waals surface area contributed by atoms with Gasteiger partial charge in [0.1, 0.15) is 0 Å². The lowest BCUT2D eigenvalue weighted by Crippen LogP contribution is -2.07. The molecule has 0 fully saturated rings. The van der Waals surface area contributed by atoms with Crippen LogP contribution in [0.1, 0.15) is 32.4 Å². The number of benzene rings is 1. The largest absolute Gasteiger partial charge is 0.490 e. The van der Waals surface area contributed by atoms with Gasteiger partial charge in [-0.3, -0.25) is 0 Å². The highest BCUT2D eigenvalue weighted by Gasteiger charge is 2.14. The SMILES string of the molecule is CC(C)COc1cc(C(C)O)cc(F)c1F. The molecule has 1 atom stereocenters. The molecular weight excluding hydrogens is 214 g/mol. The first-order valence-electron chi connectivity index (χ1n) is 5.21. The molecule has 90 valence electrons. The van der Waals surface area contributed by atoms with Gasteiger partial charge in [0.05, 0.1) is 12.7 Å². The van der Waals surface area contributed by atoms with Gasteiger partial charge < -0.3 is 9.84 Å². The summed E-state index contributed by atoms with van der Waals surface area (Å²) >= 11 is 0. The van der Waals surface area contributed by atoms with Crippen LogP contribution < -0.4 is 4.74 Å². The summed E-state index contributed by atoms with van der Waals surface area (Å²) in [7, 11) is 0. The summed E-state index contributed by atoms with van der Waals surface area (Å²) in [5.74, 6) is -1.94. The second-order valence-electron chi connectivity index (χ2n) is 4.20. The van der Waals surface area contributed by atoms with Crippen molar-refractivity contribution in [1.82, 2.24) is 0 Å². The summed E-state index contributed by atoms with van der Waals surface area (Å²) < 4.78 is 31.6. The van der Waals surface area contributed by atoms with Crippen molar-refractivity contribution in [3.8, 4) is 5.75 Å². The van der Waals surface area contributed by atoms with Gasteiger partial charge in [-0.05, 0) is 30.5 Å². The maximum absolute atomic E-state index is 13.3. The number of hydrogen-bond acceptors (Lipinski definition) is 2. The zero-order valence-electron chi connectivity index (χ0n) is 9.63. The van der Waals surface area contributed by atoms with Gasteiger partial charge in [-0.2, -0.15) is 4.39 Å². The van der Waals surface area contributed by atoms with Crippen LogP contribution in [0.4, 0.5) is 8.78 Å². The molecule has 4 heteroatoms. The Morgan fingerprint density at radius 3 is 2.38 bits per heavy atom. The Labute approximate surface area is 93.9 Å². The van der Waals surface area contributed by atoms with Crippen LogP contribution in [0, 0.1) is 17.6 Å². The molecule has 1 aromatic rings. The maximum atomic E-state index is 13.3. The van der Waals surface area contributed by atoms with E-state index in [1.54, 1.807) is 0 Å². The molecule has 16 heavy (non-hydrogen) atoms. The van der Waals surface area contributed by atoms with Gasteiger partial charge >= 0.3 is 0 Å². The van der Waals surface area contributed by atoms with Crippen LogP contribution in [0.5, 0.6) is 5.75 Å². The van der Waals surface area contributed by atoms with Gasteiger partial charge in [-0.1, -0.05) is 13.8 Å². The lowest BCUT2D eigenvalue weighted by molar-refractivity contribution is 0.196. The highest BCUT2D eigenvalue weighted by molar-refractivity contribution is 5.32. The fraction of sp³-hybridized carbons (Fsp3) is 0.500. The number of hydrogen-bond donors (Lipinski definition) is 1. The molecule has 1 N–H and O–H groups in total. The summed E-state index contributed by atoms with van der Waals surface area (Å²) in [5, 5.41) is 9.30. The average Bonchev–Trinajstić information content (AvgIpc) is 2.19. The van der Waals surface area contributed by atoms with E-state index in [0.717, 1.165) is 6.07 Å². The minimum Gasteiger partial charge on any atom is -0.490 e. The molecule has 0 spiro atoms. The predicted molar refractivity (Wildman–Crippen MR) is 57.3 cm³/mol. The molecule has 0 saturated heterocycles. The summed E-state index contributed by atoms with van der Waals surface area (Å²) in [4.78, 5) is 0. The molecule has 0 radical (unpaired) electrons. The molecule has 0 aromatic heterocycles. The molecule has 0 aliphatic rings. The first-order chi connectivity index (χ1) is 7.41. The summed E-state index contributed by atoms with van der Waals surface area (Å²) in [6.07, 6.45) is -0.850. The molecule has 0 bridgehead atoms. The van der Waals surface area contributed by atoms with Gasteiger partial charge in [0, 0.05) is 0 Å². The van der Waals surface area contributed by atoms with Crippen molar-refractivity contribution >= 4 is 0 Å². The molecule has 2 nitrogen and oxygen atoms in total. The van der Waals surface area contributed by atoms with Crippen molar-refractivity contribution in [3.05, 3.63) is 29.3 Å². The molecule has 0 aliphatic carbocycles. The predicted octanol–water partition coefficient (Wildman–Crippen LogP) is 3.05. The minimum atomic E-state index is -1.01. The molecule has 1 rings (SSSR count). The lowest BCUT2D eigenvalue weighted by Gasteiger charge is -2.12. The smallest absolute Gasteiger partial charge is 0.200 e. The molecule has 0 saturated carbocycles. The van der Waals surface area contributed by atoms with Crippen LogP contribution >= 0.6 is 0 Å². The first-order valence-corrected chi connectivity index (χ1v) is 5.21. The van der Waals surface area contributed by atoms with Crippen LogP contribution in [-0.4, -0.2) is 11.7 Å². The number of aliphatic hydroxyl groups excluding tert-OH is 1. The van der Waals surface area contributed by atoms with Crippen LogP contribution in [0.2, 0.25) is 0 Å². The van der Waals surface area contributed by atoms with Crippen molar-refractivity contribution in [2.75, 3.05) is 6.61 Å².